The summed E-state index contributed by atoms with van der Waals surface area (Å²) in [4.78, 5) is 19.4. The van der Waals surface area contributed by atoms with Crippen molar-refractivity contribution in [2.45, 2.75) is 19.4 Å². The van der Waals surface area contributed by atoms with Crippen LogP contribution in [0.3, 0.4) is 0 Å². The first-order chi connectivity index (χ1) is 14.6. The van der Waals surface area contributed by atoms with Crippen LogP contribution in [-0.4, -0.2) is 41.1 Å². The van der Waals surface area contributed by atoms with Crippen molar-refractivity contribution in [1.82, 2.24) is 15.0 Å². The number of halogens is 1. The molecule has 1 saturated heterocycles. The molecule has 1 atom stereocenters. The van der Waals surface area contributed by atoms with Gasteiger partial charge in [0, 0.05) is 23.9 Å². The summed E-state index contributed by atoms with van der Waals surface area (Å²) in [6.45, 7) is 2.02. The van der Waals surface area contributed by atoms with Gasteiger partial charge in [-0.2, -0.15) is 4.98 Å². The molecule has 2 aromatic carbocycles. The Bertz CT molecular complexity index is 1020. The first-order valence-electron chi connectivity index (χ1n) is 9.87. The van der Waals surface area contributed by atoms with Crippen LogP contribution in [0.5, 0.6) is 5.75 Å². The number of hydrogen-bond acceptors (Lipinski definition) is 6. The second-order valence-corrected chi connectivity index (χ2v) is 7.69. The van der Waals surface area contributed by atoms with Crippen LogP contribution in [0, 0.1) is 5.92 Å². The molecule has 1 N–H and O–H groups in total. The maximum Gasteiger partial charge on any atom is 0.241 e. The van der Waals surface area contributed by atoms with Crippen LogP contribution in [-0.2, 0) is 11.3 Å². The predicted molar refractivity (Wildman–Crippen MR) is 114 cm³/mol. The predicted octanol–water partition coefficient (Wildman–Crippen LogP) is 4.25. The lowest BCUT2D eigenvalue weighted by molar-refractivity contribution is -0.121. The van der Waals surface area contributed by atoms with Gasteiger partial charge in [-0.15, -0.1) is 0 Å². The van der Waals surface area contributed by atoms with Crippen molar-refractivity contribution in [2.75, 3.05) is 25.5 Å². The van der Waals surface area contributed by atoms with Gasteiger partial charge in [0.05, 0.1) is 24.6 Å². The van der Waals surface area contributed by atoms with Crippen LogP contribution in [0.25, 0.3) is 11.4 Å². The van der Waals surface area contributed by atoms with Gasteiger partial charge in [-0.25, -0.2) is 0 Å². The molecular formula is C22H23ClN4O3. The number of likely N-dealkylation sites (tertiary alicyclic amines) is 1. The van der Waals surface area contributed by atoms with Crippen molar-refractivity contribution in [1.29, 1.82) is 0 Å². The molecule has 4 rings (SSSR count). The number of nitrogens with zero attached hydrogens (tertiary/aromatic N) is 3. The van der Waals surface area contributed by atoms with E-state index in [4.69, 9.17) is 20.9 Å². The van der Waals surface area contributed by atoms with E-state index in [0.717, 1.165) is 30.6 Å². The van der Waals surface area contributed by atoms with E-state index >= 15 is 0 Å². The van der Waals surface area contributed by atoms with Gasteiger partial charge in [0.15, 0.2) is 0 Å². The van der Waals surface area contributed by atoms with E-state index < -0.39 is 0 Å². The minimum Gasteiger partial charge on any atom is -0.497 e. The van der Waals surface area contributed by atoms with Gasteiger partial charge in [0.2, 0.25) is 17.6 Å². The molecule has 1 fully saturated rings. The summed E-state index contributed by atoms with van der Waals surface area (Å²) in [5, 5.41) is 7.62. The minimum absolute atomic E-state index is 0.00948. The van der Waals surface area contributed by atoms with Crippen LogP contribution in [0.1, 0.15) is 18.7 Å². The molecule has 156 valence electrons. The summed E-state index contributed by atoms with van der Waals surface area (Å²) in [6.07, 6.45) is 1.78. The zero-order valence-electron chi connectivity index (χ0n) is 16.7. The number of carbonyl (C=O) groups is 1. The molecule has 3 aromatic rings. The lowest BCUT2D eigenvalue weighted by Gasteiger charge is -2.30. The summed E-state index contributed by atoms with van der Waals surface area (Å²) in [6, 6.07) is 14.8. The van der Waals surface area contributed by atoms with Crippen LogP contribution in [0.4, 0.5) is 5.69 Å². The molecular weight excluding hydrogens is 404 g/mol. The minimum atomic E-state index is -0.101. The van der Waals surface area contributed by atoms with Crippen LogP contribution in [0.15, 0.2) is 53.1 Å². The Morgan fingerprint density at radius 3 is 3.00 bits per heavy atom. The number of aromatic nitrogens is 2. The number of hydrogen-bond donors (Lipinski definition) is 1. The number of methoxy groups -OCH3 is 1. The topological polar surface area (TPSA) is 80.5 Å². The second kappa shape index (κ2) is 9.28. The van der Waals surface area contributed by atoms with E-state index in [0.29, 0.717) is 35.6 Å². The average Bonchev–Trinajstić information content (AvgIpc) is 3.22. The quantitative estimate of drug-likeness (QED) is 0.634. The van der Waals surface area contributed by atoms with Gasteiger partial charge in [-0.05, 0) is 43.7 Å². The van der Waals surface area contributed by atoms with Gasteiger partial charge in [-0.1, -0.05) is 35.0 Å². The molecule has 30 heavy (non-hydrogen) atoms. The third-order valence-electron chi connectivity index (χ3n) is 5.16. The molecule has 8 heteroatoms. The molecule has 1 aliphatic rings. The first kappa shape index (κ1) is 20.4. The second-order valence-electron chi connectivity index (χ2n) is 7.29. The third kappa shape index (κ3) is 4.80. The molecule has 1 amide bonds. The normalized spacial score (nSPS) is 16.9. The SMILES string of the molecule is COc1cccc(NC(=O)C2CCCN(Cc3nc(-c4ccccc4Cl)no3)C2)c1. The van der Waals surface area contributed by atoms with Crippen molar-refractivity contribution < 1.29 is 14.1 Å². The van der Waals surface area contributed by atoms with Gasteiger partial charge in [-0.3, -0.25) is 9.69 Å². The molecule has 0 spiro atoms. The van der Waals surface area contributed by atoms with Gasteiger partial charge in [0.25, 0.3) is 0 Å². The van der Waals surface area contributed by atoms with E-state index in [9.17, 15) is 4.79 Å². The number of amides is 1. The van der Waals surface area contributed by atoms with Gasteiger partial charge >= 0.3 is 0 Å². The molecule has 2 heterocycles. The maximum absolute atomic E-state index is 12.7. The number of benzene rings is 2. The Kier molecular flexibility index (Phi) is 6.30. The van der Waals surface area contributed by atoms with Crippen LogP contribution in [0.2, 0.25) is 5.02 Å². The maximum atomic E-state index is 12.7. The highest BCUT2D eigenvalue weighted by Crippen LogP contribution is 2.26. The molecule has 0 saturated carbocycles. The summed E-state index contributed by atoms with van der Waals surface area (Å²) in [5.74, 6) is 1.61. The summed E-state index contributed by atoms with van der Waals surface area (Å²) < 4.78 is 10.6. The lowest BCUT2D eigenvalue weighted by Crippen LogP contribution is -2.40. The largest absolute Gasteiger partial charge is 0.497 e. The fraction of sp³-hybridized carbons (Fsp3) is 0.318. The number of carbonyl (C=O) groups excluding carboxylic acids is 1. The summed E-state index contributed by atoms with van der Waals surface area (Å²) in [7, 11) is 1.61. The van der Waals surface area contributed by atoms with E-state index in [-0.39, 0.29) is 11.8 Å². The average molecular weight is 427 g/mol. The Morgan fingerprint density at radius 1 is 1.30 bits per heavy atom. The highest BCUT2D eigenvalue weighted by atomic mass is 35.5. The van der Waals surface area contributed by atoms with Crippen LogP contribution < -0.4 is 10.1 Å². The lowest BCUT2D eigenvalue weighted by atomic mass is 9.97. The van der Waals surface area contributed by atoms with Crippen molar-refractivity contribution in [2.24, 2.45) is 5.92 Å². The molecule has 0 aliphatic carbocycles. The zero-order chi connectivity index (χ0) is 20.9. The van der Waals surface area contributed by atoms with E-state index in [1.54, 1.807) is 13.2 Å². The Balaban J connectivity index is 1.37. The number of anilines is 1. The molecule has 0 radical (unpaired) electrons. The number of ether oxygens (including phenoxy) is 1. The molecule has 1 aliphatic heterocycles. The monoisotopic (exact) mass is 426 g/mol. The Hall–Kier alpha value is -2.90. The van der Waals surface area contributed by atoms with Crippen molar-refractivity contribution >= 4 is 23.2 Å². The van der Waals surface area contributed by atoms with E-state index in [1.807, 2.05) is 42.5 Å². The highest BCUT2D eigenvalue weighted by molar-refractivity contribution is 6.33. The van der Waals surface area contributed by atoms with Gasteiger partial charge < -0.3 is 14.6 Å². The number of piperidine rings is 1. The Morgan fingerprint density at radius 2 is 2.17 bits per heavy atom. The highest BCUT2D eigenvalue weighted by Gasteiger charge is 2.27. The first-order valence-corrected chi connectivity index (χ1v) is 10.2. The van der Waals surface area contributed by atoms with E-state index in [1.165, 1.54) is 0 Å². The molecule has 0 bridgehead atoms. The molecule has 1 aromatic heterocycles. The molecule has 1 unspecified atom stereocenters. The number of nitrogens with one attached hydrogen (secondary N) is 1. The molecule has 7 nitrogen and oxygen atoms in total. The fourth-order valence-corrected chi connectivity index (χ4v) is 3.84. The van der Waals surface area contributed by atoms with Crippen molar-refractivity contribution in [3.8, 4) is 17.1 Å². The smallest absolute Gasteiger partial charge is 0.241 e. The number of rotatable bonds is 6. The summed E-state index contributed by atoms with van der Waals surface area (Å²) >= 11 is 6.22. The Labute approximate surface area is 180 Å². The zero-order valence-corrected chi connectivity index (χ0v) is 17.4. The third-order valence-corrected chi connectivity index (χ3v) is 5.48. The summed E-state index contributed by atoms with van der Waals surface area (Å²) in [5.41, 5.74) is 1.47. The van der Waals surface area contributed by atoms with Gasteiger partial charge in [0.1, 0.15) is 5.75 Å². The van der Waals surface area contributed by atoms with E-state index in [2.05, 4.69) is 20.4 Å². The van der Waals surface area contributed by atoms with Crippen molar-refractivity contribution in [3.05, 3.63) is 59.4 Å². The van der Waals surface area contributed by atoms with Crippen molar-refractivity contribution in [3.63, 3.8) is 0 Å². The fourth-order valence-electron chi connectivity index (χ4n) is 3.62. The van der Waals surface area contributed by atoms with Crippen LogP contribution >= 0.6 is 11.6 Å². The standard InChI is InChI=1S/C22H23ClN4O3/c1-29-17-8-4-7-16(12-17)24-22(28)15-6-5-11-27(13-15)14-20-25-21(26-30-20)18-9-2-3-10-19(18)23/h2-4,7-10,12,15H,5-6,11,13-14H2,1H3,(H,24,28).